The second-order valence-corrected chi connectivity index (χ2v) is 2.29. The Kier molecular flexibility index (Phi) is 2.50. The van der Waals surface area contributed by atoms with Crippen molar-refractivity contribution in [2.45, 2.75) is 6.10 Å². The average molecular weight is 170 g/mol. The summed E-state index contributed by atoms with van der Waals surface area (Å²) < 4.78 is 9.47. The summed E-state index contributed by atoms with van der Waals surface area (Å²) in [6.07, 6.45) is 1.63. The molecule has 0 saturated carbocycles. The Labute approximate surface area is 70.1 Å². The van der Waals surface area contributed by atoms with Crippen LogP contribution < -0.4 is 0 Å². The molecular weight excluding hydrogens is 160 g/mol. The first kappa shape index (κ1) is 8.80. The van der Waals surface area contributed by atoms with Crippen molar-refractivity contribution < 1.29 is 19.4 Å². The summed E-state index contributed by atoms with van der Waals surface area (Å²) in [4.78, 5) is 11.1. The molecule has 1 unspecified atom stereocenters. The van der Waals surface area contributed by atoms with Crippen molar-refractivity contribution >= 4 is 5.78 Å². The smallest absolute Gasteiger partial charge is 0.223 e. The number of ketones is 1. The van der Waals surface area contributed by atoms with Crippen molar-refractivity contribution in [3.8, 4) is 0 Å². The first-order chi connectivity index (χ1) is 5.69. The number of aliphatic hydroxyl groups excluding tert-OH is 1. The van der Waals surface area contributed by atoms with E-state index in [1.165, 1.54) is 26.4 Å². The summed E-state index contributed by atoms with van der Waals surface area (Å²) in [5.74, 6) is 0.0868. The van der Waals surface area contributed by atoms with Crippen LogP contribution in [0, 0.1) is 0 Å². The van der Waals surface area contributed by atoms with Gasteiger partial charge >= 0.3 is 0 Å². The van der Waals surface area contributed by atoms with Crippen LogP contribution in [0.15, 0.2) is 23.7 Å². The molecule has 1 atom stereocenters. The normalized spacial score (nSPS) is 22.9. The van der Waals surface area contributed by atoms with Gasteiger partial charge in [0.1, 0.15) is 11.9 Å². The van der Waals surface area contributed by atoms with Gasteiger partial charge < -0.3 is 14.6 Å². The number of hydrogen-bond acceptors (Lipinski definition) is 4. The van der Waals surface area contributed by atoms with Crippen molar-refractivity contribution in [3.05, 3.63) is 23.7 Å². The number of methoxy groups -OCH3 is 2. The van der Waals surface area contributed by atoms with Crippen LogP contribution in [0.25, 0.3) is 0 Å². The molecule has 1 N–H and O–H groups in total. The second-order valence-electron chi connectivity index (χ2n) is 2.29. The number of carbonyl (C=O) groups is 1. The second kappa shape index (κ2) is 3.40. The fourth-order valence-electron chi connectivity index (χ4n) is 0.942. The van der Waals surface area contributed by atoms with Crippen LogP contribution in [-0.2, 0) is 14.3 Å². The molecule has 0 saturated heterocycles. The molecule has 1 aliphatic rings. The highest BCUT2D eigenvalue weighted by Gasteiger charge is 2.21. The molecule has 0 bridgehead atoms. The van der Waals surface area contributed by atoms with Crippen molar-refractivity contribution in [2.75, 3.05) is 14.2 Å². The lowest BCUT2D eigenvalue weighted by molar-refractivity contribution is -0.114. The van der Waals surface area contributed by atoms with Gasteiger partial charge in [0.2, 0.25) is 5.78 Å². The minimum Gasteiger partial charge on any atom is -0.498 e. The third kappa shape index (κ3) is 1.48. The molecule has 66 valence electrons. The lowest BCUT2D eigenvalue weighted by Gasteiger charge is -2.15. The molecule has 0 aromatic carbocycles. The lowest BCUT2D eigenvalue weighted by Crippen LogP contribution is -2.19. The van der Waals surface area contributed by atoms with E-state index in [1.54, 1.807) is 0 Å². The van der Waals surface area contributed by atoms with Gasteiger partial charge in [-0.3, -0.25) is 4.79 Å². The Morgan fingerprint density at radius 2 is 2.08 bits per heavy atom. The molecule has 0 aliphatic heterocycles. The van der Waals surface area contributed by atoms with E-state index in [1.807, 2.05) is 0 Å². The van der Waals surface area contributed by atoms with E-state index in [0.29, 0.717) is 0 Å². The summed E-state index contributed by atoms with van der Waals surface area (Å²) in [6.45, 7) is 0. The van der Waals surface area contributed by atoms with E-state index in [0.717, 1.165) is 0 Å². The van der Waals surface area contributed by atoms with Crippen LogP contribution in [0.1, 0.15) is 0 Å². The van der Waals surface area contributed by atoms with Crippen molar-refractivity contribution in [2.24, 2.45) is 0 Å². The molecule has 0 spiro atoms. The zero-order valence-corrected chi connectivity index (χ0v) is 6.90. The highest BCUT2D eigenvalue weighted by Crippen LogP contribution is 2.15. The van der Waals surface area contributed by atoms with E-state index in [4.69, 9.17) is 9.47 Å². The van der Waals surface area contributed by atoms with Crippen LogP contribution in [0.2, 0.25) is 0 Å². The lowest BCUT2D eigenvalue weighted by atomic mass is 10.1. The van der Waals surface area contributed by atoms with Crippen molar-refractivity contribution in [1.82, 2.24) is 0 Å². The van der Waals surface area contributed by atoms with Gasteiger partial charge in [0.15, 0.2) is 5.76 Å². The SMILES string of the molecule is COC1=CC(O)C(OC)=CC1=O. The van der Waals surface area contributed by atoms with E-state index < -0.39 is 6.10 Å². The van der Waals surface area contributed by atoms with Crippen molar-refractivity contribution in [3.63, 3.8) is 0 Å². The first-order valence-corrected chi connectivity index (χ1v) is 3.43. The Hall–Kier alpha value is -1.29. The van der Waals surface area contributed by atoms with E-state index in [2.05, 4.69) is 0 Å². The number of ether oxygens (including phenoxy) is 2. The zero-order valence-electron chi connectivity index (χ0n) is 6.90. The van der Waals surface area contributed by atoms with Gasteiger partial charge in [0.05, 0.1) is 14.2 Å². The molecule has 0 aromatic heterocycles. The number of carbonyl (C=O) groups excluding carboxylic acids is 1. The van der Waals surface area contributed by atoms with Crippen LogP contribution in [0.3, 0.4) is 0 Å². The highest BCUT2D eigenvalue weighted by molar-refractivity contribution is 6.03. The van der Waals surface area contributed by atoms with Gasteiger partial charge in [0, 0.05) is 6.08 Å². The monoisotopic (exact) mass is 170 g/mol. The Balaban J connectivity index is 2.86. The predicted octanol–water partition coefficient (Wildman–Crippen LogP) is -0.00940. The minimum atomic E-state index is -0.886. The standard InChI is InChI=1S/C8H10O4/c1-11-7-3-6(10)8(12-2)4-5(7)9/h3-5,9H,1-2H3. The average Bonchev–Trinajstić information content (AvgIpc) is 2.08. The molecular formula is C8H10O4. The Morgan fingerprint density at radius 1 is 1.42 bits per heavy atom. The molecule has 0 heterocycles. The number of allylic oxidation sites excluding steroid dienone is 1. The van der Waals surface area contributed by atoms with Gasteiger partial charge in [-0.05, 0) is 6.08 Å². The van der Waals surface area contributed by atoms with Crippen LogP contribution in [0.4, 0.5) is 0 Å². The van der Waals surface area contributed by atoms with Crippen LogP contribution >= 0.6 is 0 Å². The molecule has 0 aromatic rings. The molecule has 4 nitrogen and oxygen atoms in total. The Morgan fingerprint density at radius 3 is 2.58 bits per heavy atom. The van der Waals surface area contributed by atoms with E-state index in [9.17, 15) is 9.90 Å². The number of hydrogen-bond donors (Lipinski definition) is 1. The van der Waals surface area contributed by atoms with Crippen LogP contribution in [-0.4, -0.2) is 31.2 Å². The third-order valence-electron chi connectivity index (χ3n) is 1.57. The number of rotatable bonds is 2. The van der Waals surface area contributed by atoms with Gasteiger partial charge in [-0.2, -0.15) is 0 Å². The van der Waals surface area contributed by atoms with Gasteiger partial charge in [0.25, 0.3) is 0 Å². The largest absolute Gasteiger partial charge is 0.498 e. The summed E-state index contributed by atoms with van der Waals surface area (Å²) in [6, 6.07) is 0. The maximum atomic E-state index is 11.1. The zero-order chi connectivity index (χ0) is 9.14. The quantitative estimate of drug-likeness (QED) is 0.633. The maximum Gasteiger partial charge on any atom is 0.223 e. The summed E-state index contributed by atoms with van der Waals surface area (Å²) in [7, 11) is 2.77. The van der Waals surface area contributed by atoms with Gasteiger partial charge in [-0.1, -0.05) is 0 Å². The molecule has 0 amide bonds. The number of aliphatic hydroxyl groups is 1. The molecule has 1 aliphatic carbocycles. The molecule has 0 fully saturated rings. The molecule has 4 heteroatoms. The fraction of sp³-hybridized carbons (Fsp3) is 0.375. The molecule has 1 rings (SSSR count). The summed E-state index contributed by atoms with van der Waals surface area (Å²) in [5, 5.41) is 9.29. The minimum absolute atomic E-state index is 0.142. The van der Waals surface area contributed by atoms with Crippen LogP contribution in [0.5, 0.6) is 0 Å². The molecule has 0 radical (unpaired) electrons. The van der Waals surface area contributed by atoms with E-state index >= 15 is 0 Å². The topological polar surface area (TPSA) is 55.8 Å². The maximum absolute atomic E-state index is 11.1. The van der Waals surface area contributed by atoms with E-state index in [-0.39, 0.29) is 17.3 Å². The summed E-state index contributed by atoms with van der Waals surface area (Å²) in [5.41, 5.74) is 0. The van der Waals surface area contributed by atoms with Gasteiger partial charge in [-0.25, -0.2) is 0 Å². The highest BCUT2D eigenvalue weighted by atomic mass is 16.5. The Bertz CT molecular complexity index is 252. The van der Waals surface area contributed by atoms with Gasteiger partial charge in [-0.15, -0.1) is 0 Å². The third-order valence-corrected chi connectivity index (χ3v) is 1.57. The predicted molar refractivity (Wildman–Crippen MR) is 41.2 cm³/mol. The fourth-order valence-corrected chi connectivity index (χ4v) is 0.942. The molecule has 12 heavy (non-hydrogen) atoms. The summed E-state index contributed by atoms with van der Waals surface area (Å²) >= 11 is 0. The van der Waals surface area contributed by atoms with Crippen molar-refractivity contribution in [1.29, 1.82) is 0 Å². The first-order valence-electron chi connectivity index (χ1n) is 3.43.